The Hall–Kier alpha value is -2.10. The normalized spacial score (nSPS) is 26.3. The zero-order chi connectivity index (χ0) is 19.8. The molecule has 0 aliphatic carbocycles. The smallest absolute Gasteiger partial charge is 0.317 e. The number of sulfone groups is 1. The zero-order valence-electron chi connectivity index (χ0n) is 14.8. The topological polar surface area (TPSA) is 102 Å². The van der Waals surface area contributed by atoms with Gasteiger partial charge >= 0.3 is 5.69 Å². The molecule has 7 nitrogen and oxygen atoms in total. The van der Waals surface area contributed by atoms with E-state index in [0.29, 0.717) is 0 Å². The molecule has 0 unspecified atom stereocenters. The molecule has 0 fully saturated rings. The minimum absolute atomic E-state index is 0.0439. The van der Waals surface area contributed by atoms with Crippen molar-refractivity contribution in [2.24, 2.45) is 10.7 Å². The van der Waals surface area contributed by atoms with E-state index in [1.165, 1.54) is 26.2 Å². The Morgan fingerprint density at radius 2 is 2.04 bits per heavy atom. The van der Waals surface area contributed by atoms with Gasteiger partial charge < -0.3 is 5.73 Å². The minimum Gasteiger partial charge on any atom is -0.386 e. The summed E-state index contributed by atoms with van der Waals surface area (Å²) >= 11 is 0. The second-order valence-corrected chi connectivity index (χ2v) is 8.99. The Balaban J connectivity index is 2.59. The summed E-state index contributed by atoms with van der Waals surface area (Å²) in [5.41, 5.74) is 4.75. The van der Waals surface area contributed by atoms with Gasteiger partial charge in [-0.25, -0.2) is 22.0 Å². The van der Waals surface area contributed by atoms with E-state index in [-0.39, 0.29) is 40.6 Å². The number of nitrogens with zero attached hydrogens (tertiary/aromatic N) is 2. The summed E-state index contributed by atoms with van der Waals surface area (Å²) in [6, 6.07) is 3.59. The maximum atomic E-state index is 14.4. The number of rotatable bonds is 6. The Morgan fingerprint density at radius 1 is 1.38 bits per heavy atom. The van der Waals surface area contributed by atoms with Gasteiger partial charge in [0.15, 0.2) is 21.7 Å². The number of hydrogen-bond donors (Lipinski definition) is 1. The van der Waals surface area contributed by atoms with E-state index in [9.17, 15) is 22.1 Å². The first-order chi connectivity index (χ1) is 12.1. The lowest BCUT2D eigenvalue weighted by atomic mass is 9.81. The number of alkyl halides is 1. The molecular weight excluding hydrogens is 368 g/mol. The van der Waals surface area contributed by atoms with Crippen molar-refractivity contribution in [1.29, 1.82) is 0 Å². The summed E-state index contributed by atoms with van der Waals surface area (Å²) in [6.45, 7) is 1.77. The van der Waals surface area contributed by atoms with Crippen LogP contribution in [0, 0.1) is 10.7 Å². The largest absolute Gasteiger partial charge is 0.386 e. The predicted octanol–water partition coefficient (Wildman–Crippen LogP) is 2.31. The third-order valence-corrected chi connectivity index (χ3v) is 7.42. The van der Waals surface area contributed by atoms with Crippen LogP contribution in [-0.2, 0) is 20.2 Å². The molecule has 0 radical (unpaired) electrons. The predicted molar refractivity (Wildman–Crippen MR) is 93.1 cm³/mol. The highest BCUT2D eigenvalue weighted by molar-refractivity contribution is 7.93. The molecule has 1 aromatic rings. The average Bonchev–Trinajstić information content (AvgIpc) is 2.61. The molecule has 0 amide bonds. The number of aliphatic imine (C=N–C) groups is 1. The molecule has 1 aliphatic rings. The summed E-state index contributed by atoms with van der Waals surface area (Å²) in [6.07, 6.45) is -0.0936. The van der Waals surface area contributed by atoms with Crippen LogP contribution in [0.25, 0.3) is 0 Å². The van der Waals surface area contributed by atoms with E-state index < -0.39 is 32.6 Å². The molecule has 144 valence electrons. The van der Waals surface area contributed by atoms with Crippen molar-refractivity contribution in [3.8, 4) is 0 Å². The quantitative estimate of drug-likeness (QED) is 0.751. The van der Waals surface area contributed by atoms with E-state index in [1.807, 2.05) is 0 Å². The Labute approximate surface area is 150 Å². The highest BCUT2D eigenvalue weighted by Gasteiger charge is 2.52. The summed E-state index contributed by atoms with van der Waals surface area (Å²) in [4.78, 5) is 20.6. The van der Waals surface area contributed by atoms with Gasteiger partial charge in [0, 0.05) is 23.4 Å². The second-order valence-electron chi connectivity index (χ2n) is 6.41. The first kappa shape index (κ1) is 20.2. The van der Waals surface area contributed by atoms with Gasteiger partial charge in [-0.2, -0.15) is 0 Å². The lowest BCUT2D eigenvalue weighted by Crippen LogP contribution is -2.57. The molecule has 2 rings (SSSR count). The summed E-state index contributed by atoms with van der Waals surface area (Å²) in [7, 11) is -2.69. The molecule has 0 aromatic heterocycles. The van der Waals surface area contributed by atoms with Crippen LogP contribution in [0.5, 0.6) is 0 Å². The first-order valence-electron chi connectivity index (χ1n) is 8.02. The van der Waals surface area contributed by atoms with Crippen LogP contribution in [-0.4, -0.2) is 43.5 Å². The molecule has 0 saturated carbocycles. The molecule has 0 saturated heterocycles. The van der Waals surface area contributed by atoms with E-state index in [2.05, 4.69) is 9.83 Å². The Kier molecular flexibility index (Phi) is 5.36. The maximum Gasteiger partial charge on any atom is 0.317 e. The van der Waals surface area contributed by atoms with Gasteiger partial charge in [0.05, 0.1) is 10.4 Å². The third-order valence-electron chi connectivity index (χ3n) is 4.95. The molecule has 2 atom stereocenters. The molecule has 0 bridgehead atoms. The molecule has 10 heteroatoms. The van der Waals surface area contributed by atoms with Gasteiger partial charge in [-0.3, -0.25) is 4.99 Å². The zero-order valence-corrected chi connectivity index (χ0v) is 15.6. The second kappa shape index (κ2) is 6.90. The Morgan fingerprint density at radius 3 is 2.54 bits per heavy atom. The maximum absolute atomic E-state index is 14.4. The van der Waals surface area contributed by atoms with Crippen LogP contribution in [0.4, 0.5) is 14.5 Å². The van der Waals surface area contributed by atoms with E-state index in [0.717, 1.165) is 6.07 Å². The van der Waals surface area contributed by atoms with E-state index in [1.54, 1.807) is 6.92 Å². The first-order valence-corrected chi connectivity index (χ1v) is 9.67. The van der Waals surface area contributed by atoms with Crippen LogP contribution in [0.15, 0.2) is 23.2 Å². The third kappa shape index (κ3) is 3.06. The van der Waals surface area contributed by atoms with Gasteiger partial charge in [0.25, 0.3) is 4.92 Å². The Bertz CT molecular complexity index is 859. The molecule has 1 aliphatic heterocycles. The number of nitrogens with two attached hydrogens (primary N) is 1. The highest BCUT2D eigenvalue weighted by Crippen LogP contribution is 2.42. The highest BCUT2D eigenvalue weighted by atomic mass is 32.2. The number of amidine groups is 1. The van der Waals surface area contributed by atoms with Crippen LogP contribution < -0.4 is 5.73 Å². The van der Waals surface area contributed by atoms with Gasteiger partial charge in [0.1, 0.15) is 18.3 Å². The standard InChI is InChI=1S/C16H22F2N3O4S/c1-4-26(23,24)16(10-17)8-7-15(2,20-14(16)19)12-9-11(21(22)25-3)5-6-13(12)18/h5-6,9H,4,7-8,10H2,1-3H3,(H2,19,20)/q+1/t15-,16-/m0/s1. The van der Waals surface area contributed by atoms with Gasteiger partial charge in [-0.1, -0.05) is 6.92 Å². The van der Waals surface area contributed by atoms with Crippen molar-refractivity contribution >= 4 is 21.4 Å². The van der Waals surface area contributed by atoms with Crippen molar-refractivity contribution in [2.75, 3.05) is 19.5 Å². The number of hydrogen-bond acceptors (Lipinski definition) is 6. The fourth-order valence-corrected chi connectivity index (χ4v) is 4.64. The van der Waals surface area contributed by atoms with Crippen LogP contribution in [0.1, 0.15) is 32.3 Å². The van der Waals surface area contributed by atoms with Crippen molar-refractivity contribution in [2.45, 2.75) is 37.0 Å². The fourth-order valence-electron chi connectivity index (χ4n) is 3.15. The summed E-state index contributed by atoms with van der Waals surface area (Å²) < 4.78 is 51.0. The van der Waals surface area contributed by atoms with Crippen molar-refractivity contribution in [3.63, 3.8) is 0 Å². The SMILES string of the molecule is CCS(=O)(=O)[C@]1(CF)CC[C@@](C)(c2cc([N+](=O)OC)ccc2F)N=C1N. The summed E-state index contributed by atoms with van der Waals surface area (Å²) in [5.74, 6) is -1.30. The molecule has 1 heterocycles. The van der Waals surface area contributed by atoms with Gasteiger partial charge in [0.2, 0.25) is 0 Å². The monoisotopic (exact) mass is 390 g/mol. The lowest BCUT2D eigenvalue weighted by molar-refractivity contribution is -0.736. The van der Waals surface area contributed by atoms with E-state index >= 15 is 0 Å². The van der Waals surface area contributed by atoms with Crippen molar-refractivity contribution in [1.82, 2.24) is 0 Å². The molecule has 0 spiro atoms. The molecular formula is C16H22F2N3O4S+. The molecule has 26 heavy (non-hydrogen) atoms. The molecule has 1 aromatic carbocycles. The number of halogens is 2. The van der Waals surface area contributed by atoms with Crippen LogP contribution >= 0.6 is 0 Å². The van der Waals surface area contributed by atoms with Crippen molar-refractivity contribution in [3.05, 3.63) is 34.5 Å². The van der Waals surface area contributed by atoms with Crippen LogP contribution in [0.2, 0.25) is 0 Å². The molecule has 2 N–H and O–H groups in total. The summed E-state index contributed by atoms with van der Waals surface area (Å²) in [5, 5.41) is 0. The minimum atomic E-state index is -3.85. The number of benzene rings is 1. The fraction of sp³-hybridized carbons (Fsp3) is 0.562. The average molecular weight is 390 g/mol. The van der Waals surface area contributed by atoms with Crippen LogP contribution in [0.3, 0.4) is 0 Å². The van der Waals surface area contributed by atoms with E-state index in [4.69, 9.17) is 5.73 Å². The lowest BCUT2D eigenvalue weighted by Gasteiger charge is -2.40. The van der Waals surface area contributed by atoms with Crippen molar-refractivity contribution < 1.29 is 27.0 Å². The van der Waals surface area contributed by atoms with Gasteiger partial charge in [-0.15, -0.1) is 0 Å². The van der Waals surface area contributed by atoms with Gasteiger partial charge in [-0.05, 0) is 25.8 Å².